The fourth-order valence-corrected chi connectivity index (χ4v) is 6.33. The molecule has 1 saturated carbocycles. The Morgan fingerprint density at radius 3 is 2.55 bits per heavy atom. The molecule has 0 amide bonds. The number of aryl methyl sites for hydroxylation is 1. The molecule has 2 heterocycles. The van der Waals surface area contributed by atoms with E-state index < -0.39 is 0 Å². The molecule has 42 heavy (non-hydrogen) atoms. The molecule has 0 radical (unpaired) electrons. The molecule has 5 rings (SSSR count). The summed E-state index contributed by atoms with van der Waals surface area (Å²) in [4.78, 5) is 18.9. The molecule has 7 heteroatoms. The molecule has 2 aromatic carbocycles. The van der Waals surface area contributed by atoms with Crippen LogP contribution >= 0.6 is 0 Å². The van der Waals surface area contributed by atoms with Gasteiger partial charge in [0.2, 0.25) is 5.88 Å². The first-order chi connectivity index (χ1) is 20.4. The summed E-state index contributed by atoms with van der Waals surface area (Å²) in [5.74, 6) is 1.21. The van der Waals surface area contributed by atoms with Crippen molar-refractivity contribution in [3.8, 4) is 22.8 Å². The molecule has 1 aromatic heterocycles. The zero-order valence-corrected chi connectivity index (χ0v) is 25.5. The Morgan fingerprint density at radius 1 is 1.07 bits per heavy atom. The average Bonchev–Trinajstić information content (AvgIpc) is 3.85. The van der Waals surface area contributed by atoms with E-state index in [1.165, 1.54) is 18.9 Å². The third kappa shape index (κ3) is 6.46. The Hall–Kier alpha value is -3.45. The summed E-state index contributed by atoms with van der Waals surface area (Å²) in [5.41, 5.74) is 5.80. The van der Waals surface area contributed by atoms with E-state index in [-0.39, 0.29) is 29.7 Å². The summed E-state index contributed by atoms with van der Waals surface area (Å²) < 4.78 is 32.5. The largest absolute Gasteiger partial charge is 0.485 e. The predicted octanol–water partition coefficient (Wildman–Crippen LogP) is 7.50. The van der Waals surface area contributed by atoms with Crippen molar-refractivity contribution in [1.29, 1.82) is 0 Å². The number of hydrogen-bond donors (Lipinski definition) is 0. The van der Waals surface area contributed by atoms with Gasteiger partial charge in [0.1, 0.15) is 17.7 Å². The third-order valence-electron chi connectivity index (χ3n) is 8.86. The lowest BCUT2D eigenvalue weighted by Crippen LogP contribution is -2.23. The van der Waals surface area contributed by atoms with Crippen LogP contribution in [0.25, 0.3) is 11.1 Å². The Labute approximate surface area is 249 Å². The smallest absolute Gasteiger partial charge is 0.309 e. The zero-order chi connectivity index (χ0) is 29.8. The van der Waals surface area contributed by atoms with Crippen molar-refractivity contribution in [3.05, 3.63) is 76.7 Å². The number of esters is 1. The van der Waals surface area contributed by atoms with Crippen molar-refractivity contribution in [2.45, 2.75) is 71.9 Å². The van der Waals surface area contributed by atoms with Crippen molar-refractivity contribution in [2.75, 3.05) is 26.8 Å². The Kier molecular flexibility index (Phi) is 9.47. The fraction of sp³-hybridized carbons (Fsp3) is 0.486. The average molecular weight is 575 g/mol. The highest BCUT2D eigenvalue weighted by atomic mass is 19.1. The first kappa shape index (κ1) is 30.0. The van der Waals surface area contributed by atoms with E-state index in [0.717, 1.165) is 66.8 Å². The molecule has 1 unspecified atom stereocenters. The standard InChI is InChI=1S/C35H43FN2O4/c1-6-38(7-2)21-27-17-25(13-15-28(27)29-19-33(41-8-3)37-20-30(29)36)31-16-14-23-9-12-26(18-32(23)42-31)34(24-10-11-24)22(4)35(39)40-5/h9,12-13,15,17-20,22,24,31,34H,6-8,10-11,14,16,21H2,1-5H3/t22-,31?,34-/m0/s1. The topological polar surface area (TPSA) is 60.9 Å². The number of carbonyl (C=O) groups is 1. The van der Waals surface area contributed by atoms with Crippen molar-refractivity contribution < 1.29 is 23.4 Å². The van der Waals surface area contributed by atoms with Crippen LogP contribution in [0.4, 0.5) is 4.39 Å². The second kappa shape index (κ2) is 13.2. The summed E-state index contributed by atoms with van der Waals surface area (Å²) in [6.45, 7) is 11.1. The van der Waals surface area contributed by atoms with Crippen molar-refractivity contribution in [2.24, 2.45) is 11.8 Å². The Bertz CT molecular complexity index is 1400. The van der Waals surface area contributed by atoms with Gasteiger partial charge in [0.15, 0.2) is 0 Å². The van der Waals surface area contributed by atoms with Crippen LogP contribution in [0.5, 0.6) is 11.6 Å². The number of fused-ring (bicyclic) bond motifs is 1. The zero-order valence-electron chi connectivity index (χ0n) is 25.5. The van der Waals surface area contributed by atoms with Gasteiger partial charge in [-0.05, 0) is 91.4 Å². The monoisotopic (exact) mass is 574 g/mol. The van der Waals surface area contributed by atoms with Gasteiger partial charge in [-0.1, -0.05) is 51.1 Å². The van der Waals surface area contributed by atoms with Crippen LogP contribution in [-0.2, 0) is 22.5 Å². The van der Waals surface area contributed by atoms with Crippen molar-refractivity contribution in [3.63, 3.8) is 0 Å². The first-order valence-corrected chi connectivity index (χ1v) is 15.4. The number of aromatic nitrogens is 1. The van der Waals surface area contributed by atoms with Crippen LogP contribution in [0.3, 0.4) is 0 Å². The van der Waals surface area contributed by atoms with E-state index in [4.69, 9.17) is 14.2 Å². The van der Waals surface area contributed by atoms with E-state index in [1.807, 2.05) is 19.9 Å². The Balaban J connectivity index is 1.46. The summed E-state index contributed by atoms with van der Waals surface area (Å²) in [7, 11) is 1.46. The normalized spacial score (nSPS) is 17.7. The number of pyridine rings is 1. The van der Waals surface area contributed by atoms with Gasteiger partial charge in [0.05, 0.1) is 25.8 Å². The number of nitrogens with zero attached hydrogens (tertiary/aromatic N) is 2. The van der Waals surface area contributed by atoms with Crippen molar-refractivity contribution >= 4 is 5.97 Å². The minimum Gasteiger partial charge on any atom is -0.485 e. The number of benzene rings is 2. The number of hydrogen-bond acceptors (Lipinski definition) is 6. The lowest BCUT2D eigenvalue weighted by atomic mass is 9.82. The maximum absolute atomic E-state index is 15.1. The Morgan fingerprint density at radius 2 is 1.86 bits per heavy atom. The summed E-state index contributed by atoms with van der Waals surface area (Å²) in [6.07, 6.45) is 5.17. The second-order valence-corrected chi connectivity index (χ2v) is 11.5. The SMILES string of the molecule is CCOc1cc(-c2ccc(C3CCc4ccc([C@H](C5CC5)[C@H](C)C(=O)OC)cc4O3)cc2CN(CC)CC)c(F)cn1. The molecule has 3 atom stereocenters. The lowest BCUT2D eigenvalue weighted by Gasteiger charge is -2.30. The van der Waals surface area contributed by atoms with Gasteiger partial charge in [-0.25, -0.2) is 9.37 Å². The van der Waals surface area contributed by atoms with Crippen LogP contribution in [0, 0.1) is 17.7 Å². The number of methoxy groups -OCH3 is 1. The van der Waals surface area contributed by atoms with E-state index in [9.17, 15) is 4.79 Å². The van der Waals surface area contributed by atoms with Gasteiger partial charge in [-0.3, -0.25) is 9.69 Å². The summed E-state index contributed by atoms with van der Waals surface area (Å²) >= 11 is 0. The number of rotatable bonds is 12. The molecule has 1 aliphatic carbocycles. The number of ether oxygens (including phenoxy) is 3. The maximum atomic E-state index is 15.1. The van der Waals surface area contributed by atoms with Gasteiger partial charge < -0.3 is 14.2 Å². The second-order valence-electron chi connectivity index (χ2n) is 11.5. The van der Waals surface area contributed by atoms with Gasteiger partial charge >= 0.3 is 5.97 Å². The molecule has 224 valence electrons. The van der Waals surface area contributed by atoms with Gasteiger partial charge in [-0.2, -0.15) is 0 Å². The van der Waals surface area contributed by atoms with Gasteiger partial charge in [-0.15, -0.1) is 0 Å². The highest BCUT2D eigenvalue weighted by Gasteiger charge is 2.39. The van der Waals surface area contributed by atoms with Crippen LogP contribution in [-0.4, -0.2) is 42.7 Å². The molecule has 3 aromatic rings. The van der Waals surface area contributed by atoms with Gasteiger partial charge in [0, 0.05) is 18.2 Å². The summed E-state index contributed by atoms with van der Waals surface area (Å²) in [6, 6.07) is 14.4. The van der Waals surface area contributed by atoms with Crippen LogP contribution in [0.1, 0.15) is 81.2 Å². The molecule has 1 fully saturated rings. The molecular weight excluding hydrogens is 531 g/mol. The molecule has 0 spiro atoms. The molecule has 0 saturated heterocycles. The highest BCUT2D eigenvalue weighted by Crippen LogP contribution is 2.48. The lowest BCUT2D eigenvalue weighted by molar-refractivity contribution is -0.145. The minimum atomic E-state index is -0.367. The molecular formula is C35H43FN2O4. The number of carbonyl (C=O) groups excluding carboxylic acids is 1. The molecule has 0 N–H and O–H groups in total. The predicted molar refractivity (Wildman–Crippen MR) is 162 cm³/mol. The highest BCUT2D eigenvalue weighted by molar-refractivity contribution is 5.73. The molecule has 2 aliphatic rings. The van der Waals surface area contributed by atoms with E-state index in [1.54, 1.807) is 6.07 Å². The van der Waals surface area contributed by atoms with Crippen LogP contribution in [0.15, 0.2) is 48.7 Å². The van der Waals surface area contributed by atoms with E-state index >= 15 is 4.39 Å². The quantitative estimate of drug-likeness (QED) is 0.209. The molecule has 1 aliphatic heterocycles. The van der Waals surface area contributed by atoms with Gasteiger partial charge in [0.25, 0.3) is 0 Å². The first-order valence-electron chi connectivity index (χ1n) is 15.4. The van der Waals surface area contributed by atoms with Crippen LogP contribution < -0.4 is 9.47 Å². The molecule has 0 bridgehead atoms. The van der Waals surface area contributed by atoms with Crippen molar-refractivity contribution in [1.82, 2.24) is 9.88 Å². The maximum Gasteiger partial charge on any atom is 0.309 e. The fourth-order valence-electron chi connectivity index (χ4n) is 6.33. The van der Waals surface area contributed by atoms with Crippen LogP contribution in [0.2, 0.25) is 0 Å². The minimum absolute atomic E-state index is 0.115. The van der Waals surface area contributed by atoms with E-state index in [2.05, 4.69) is 54.1 Å². The van der Waals surface area contributed by atoms with E-state index in [0.29, 0.717) is 30.5 Å². The molecule has 6 nitrogen and oxygen atoms in total. The third-order valence-corrected chi connectivity index (χ3v) is 8.86. The number of halogens is 1. The summed E-state index contributed by atoms with van der Waals surface area (Å²) in [5, 5.41) is 0.